The van der Waals surface area contributed by atoms with Gasteiger partial charge < -0.3 is 10.1 Å². The fraction of sp³-hybridized carbons (Fsp3) is 0.222. The Balaban J connectivity index is 1.90. The van der Waals surface area contributed by atoms with Crippen molar-refractivity contribution in [3.8, 4) is 5.75 Å². The molecule has 0 heterocycles. The Morgan fingerprint density at radius 3 is 2.56 bits per heavy atom. The summed E-state index contributed by atoms with van der Waals surface area (Å²) in [4.78, 5) is 34.1. The van der Waals surface area contributed by atoms with Crippen molar-refractivity contribution in [3.63, 3.8) is 0 Å². The van der Waals surface area contributed by atoms with Gasteiger partial charge in [-0.3, -0.25) is 19.7 Å². The number of ether oxygens (including phenoxy) is 1. The number of nitrogens with one attached hydrogen (secondary N) is 1. The molecule has 1 saturated carbocycles. The number of hydrogen-bond donors (Lipinski definition) is 1. The summed E-state index contributed by atoms with van der Waals surface area (Å²) in [5.41, 5.74) is 0.443. The molecule has 0 spiro atoms. The smallest absolute Gasteiger partial charge is 0.270 e. The van der Waals surface area contributed by atoms with Crippen LogP contribution in [0.3, 0.4) is 0 Å². The van der Waals surface area contributed by atoms with Crippen molar-refractivity contribution in [3.05, 3.63) is 69.8 Å². The molecule has 1 atom stereocenters. The molecule has 7 nitrogen and oxygen atoms in total. The Morgan fingerprint density at radius 2 is 1.96 bits per heavy atom. The number of rotatable bonds is 7. The minimum absolute atomic E-state index is 0.0225. The second-order valence-electron chi connectivity index (χ2n) is 5.79. The fourth-order valence-corrected chi connectivity index (χ4v) is 2.38. The van der Waals surface area contributed by atoms with Crippen LogP contribution in [0.4, 0.5) is 5.69 Å². The van der Waals surface area contributed by atoms with Gasteiger partial charge in [0, 0.05) is 23.7 Å². The number of non-ortho nitro benzene ring substituents is 1. The van der Waals surface area contributed by atoms with E-state index in [9.17, 15) is 19.7 Å². The van der Waals surface area contributed by atoms with Crippen LogP contribution in [0.15, 0.2) is 48.5 Å². The fourth-order valence-electron chi connectivity index (χ4n) is 2.38. The van der Waals surface area contributed by atoms with Gasteiger partial charge >= 0.3 is 0 Å². The minimum atomic E-state index is -0.943. The van der Waals surface area contributed by atoms with E-state index in [1.165, 1.54) is 12.1 Å². The van der Waals surface area contributed by atoms with Crippen LogP contribution in [-0.2, 0) is 4.79 Å². The van der Waals surface area contributed by atoms with Gasteiger partial charge in [-0.1, -0.05) is 30.3 Å². The first kappa shape index (κ1) is 16.6. The predicted molar refractivity (Wildman–Crippen MR) is 89.5 cm³/mol. The van der Waals surface area contributed by atoms with Crippen molar-refractivity contribution in [2.45, 2.75) is 25.0 Å². The highest BCUT2D eigenvalue weighted by atomic mass is 16.6. The molecule has 3 rings (SSSR count). The van der Waals surface area contributed by atoms with E-state index >= 15 is 0 Å². The van der Waals surface area contributed by atoms with Crippen LogP contribution in [0.2, 0.25) is 0 Å². The molecule has 1 aliphatic carbocycles. The van der Waals surface area contributed by atoms with E-state index in [2.05, 4.69) is 5.32 Å². The Bertz CT molecular complexity index is 802. The predicted octanol–water partition coefficient (Wildman–Crippen LogP) is 2.81. The van der Waals surface area contributed by atoms with Gasteiger partial charge in [-0.05, 0) is 18.9 Å². The molecule has 2 aromatic carbocycles. The van der Waals surface area contributed by atoms with Gasteiger partial charge in [0.05, 0.1) is 10.5 Å². The van der Waals surface area contributed by atoms with Crippen molar-refractivity contribution < 1.29 is 19.2 Å². The van der Waals surface area contributed by atoms with Gasteiger partial charge in [-0.15, -0.1) is 0 Å². The molecule has 1 amide bonds. The van der Waals surface area contributed by atoms with Gasteiger partial charge in [0.25, 0.3) is 11.6 Å². The topological polar surface area (TPSA) is 98.5 Å². The number of carbonyl (C=O) groups excluding carboxylic acids is 2. The van der Waals surface area contributed by atoms with Gasteiger partial charge in [-0.2, -0.15) is 0 Å². The first-order valence-corrected chi connectivity index (χ1v) is 7.84. The summed E-state index contributed by atoms with van der Waals surface area (Å²) in [5.74, 6) is -0.177. The highest BCUT2D eigenvalue weighted by Gasteiger charge is 2.30. The van der Waals surface area contributed by atoms with E-state index in [1.807, 2.05) is 6.07 Å². The Hall–Kier alpha value is -3.22. The highest BCUT2D eigenvalue weighted by molar-refractivity contribution is 5.84. The third-order valence-corrected chi connectivity index (χ3v) is 3.84. The van der Waals surface area contributed by atoms with Gasteiger partial charge in [0.2, 0.25) is 6.10 Å². The largest absolute Gasteiger partial charge is 0.475 e. The SMILES string of the molecule is O=Cc1cc([N+](=O)[O-])ccc1O[C@@H](C(=O)NC1CC1)c1ccccc1. The lowest BCUT2D eigenvalue weighted by Crippen LogP contribution is -2.34. The number of hydrogen-bond acceptors (Lipinski definition) is 5. The number of nitrogens with zero attached hydrogens (tertiary/aromatic N) is 1. The molecule has 1 N–H and O–H groups in total. The van der Waals surface area contributed by atoms with E-state index in [0.29, 0.717) is 11.8 Å². The van der Waals surface area contributed by atoms with Gasteiger partial charge in [0.1, 0.15) is 5.75 Å². The first-order valence-electron chi connectivity index (χ1n) is 7.84. The average Bonchev–Trinajstić information content (AvgIpc) is 3.44. The van der Waals surface area contributed by atoms with Crippen LogP contribution < -0.4 is 10.1 Å². The zero-order chi connectivity index (χ0) is 17.8. The minimum Gasteiger partial charge on any atom is -0.475 e. The summed E-state index contributed by atoms with van der Waals surface area (Å²) in [5, 5.41) is 13.7. The lowest BCUT2D eigenvalue weighted by atomic mass is 10.1. The quantitative estimate of drug-likeness (QED) is 0.475. The lowest BCUT2D eigenvalue weighted by molar-refractivity contribution is -0.384. The standard InChI is InChI=1S/C18H16N2O5/c21-11-13-10-15(20(23)24)8-9-16(13)25-17(12-4-2-1-3-5-12)18(22)19-14-6-7-14/h1-5,8-11,14,17H,6-7H2,(H,19,22)/t17-/m1/s1. The van der Waals surface area contributed by atoms with Crippen LogP contribution in [0.25, 0.3) is 0 Å². The molecule has 25 heavy (non-hydrogen) atoms. The summed E-state index contributed by atoms with van der Waals surface area (Å²) < 4.78 is 5.78. The van der Waals surface area contributed by atoms with Crippen molar-refractivity contribution >= 4 is 17.9 Å². The number of aldehydes is 1. The zero-order valence-electron chi connectivity index (χ0n) is 13.3. The highest BCUT2D eigenvalue weighted by Crippen LogP contribution is 2.29. The Kier molecular flexibility index (Phi) is 4.74. The monoisotopic (exact) mass is 340 g/mol. The second kappa shape index (κ2) is 7.12. The van der Waals surface area contributed by atoms with Crippen LogP contribution in [0.5, 0.6) is 5.75 Å². The Labute approximate surface area is 143 Å². The normalized spacial score (nSPS) is 14.4. The molecule has 0 unspecified atom stereocenters. The van der Waals surface area contributed by atoms with Crippen molar-refractivity contribution in [1.29, 1.82) is 0 Å². The molecule has 1 aliphatic rings. The molecule has 0 saturated heterocycles. The van der Waals surface area contributed by atoms with E-state index < -0.39 is 11.0 Å². The molecule has 0 aromatic heterocycles. The molecule has 0 radical (unpaired) electrons. The molecule has 0 bridgehead atoms. The van der Waals surface area contributed by atoms with E-state index in [-0.39, 0.29) is 28.9 Å². The first-order chi connectivity index (χ1) is 12.1. The van der Waals surface area contributed by atoms with E-state index in [4.69, 9.17) is 4.74 Å². The van der Waals surface area contributed by atoms with Gasteiger partial charge in [-0.25, -0.2) is 0 Å². The third-order valence-electron chi connectivity index (χ3n) is 3.84. The molecule has 1 fully saturated rings. The molecule has 0 aliphatic heterocycles. The number of nitro benzene ring substituents is 1. The number of benzene rings is 2. The number of amides is 1. The van der Waals surface area contributed by atoms with Crippen molar-refractivity contribution in [1.82, 2.24) is 5.32 Å². The summed E-state index contributed by atoms with van der Waals surface area (Å²) in [6, 6.07) is 12.8. The summed E-state index contributed by atoms with van der Waals surface area (Å²) in [7, 11) is 0. The number of carbonyl (C=O) groups is 2. The maximum absolute atomic E-state index is 12.5. The maximum atomic E-state index is 12.5. The van der Waals surface area contributed by atoms with Crippen LogP contribution in [-0.4, -0.2) is 23.2 Å². The summed E-state index contributed by atoms with van der Waals surface area (Å²) >= 11 is 0. The number of nitro groups is 1. The third kappa shape index (κ3) is 4.00. The van der Waals surface area contributed by atoms with E-state index in [0.717, 1.165) is 18.9 Å². The maximum Gasteiger partial charge on any atom is 0.270 e. The van der Waals surface area contributed by atoms with Crippen LogP contribution in [0, 0.1) is 10.1 Å². The average molecular weight is 340 g/mol. The van der Waals surface area contributed by atoms with Crippen LogP contribution >= 0.6 is 0 Å². The second-order valence-corrected chi connectivity index (χ2v) is 5.79. The summed E-state index contributed by atoms with van der Waals surface area (Å²) in [6.07, 6.45) is 1.40. The van der Waals surface area contributed by atoms with Crippen LogP contribution in [0.1, 0.15) is 34.9 Å². The zero-order valence-corrected chi connectivity index (χ0v) is 13.3. The molecule has 2 aromatic rings. The van der Waals surface area contributed by atoms with E-state index in [1.54, 1.807) is 24.3 Å². The molecular formula is C18H16N2O5. The molecule has 7 heteroatoms. The molecular weight excluding hydrogens is 324 g/mol. The van der Waals surface area contributed by atoms with Crippen molar-refractivity contribution in [2.24, 2.45) is 0 Å². The summed E-state index contributed by atoms with van der Waals surface area (Å²) in [6.45, 7) is 0. The van der Waals surface area contributed by atoms with Crippen molar-refractivity contribution in [2.75, 3.05) is 0 Å². The molecule has 128 valence electrons. The lowest BCUT2D eigenvalue weighted by Gasteiger charge is -2.20. The van der Waals surface area contributed by atoms with Gasteiger partial charge in [0.15, 0.2) is 6.29 Å². The Morgan fingerprint density at radius 1 is 1.24 bits per heavy atom.